The number of aromatic nitrogens is 2. The van der Waals surface area contributed by atoms with Crippen molar-refractivity contribution in [3.63, 3.8) is 0 Å². The minimum Gasteiger partial charge on any atom is -0.410 e. The van der Waals surface area contributed by atoms with Crippen LogP contribution in [0.15, 0.2) is 78.1 Å². The van der Waals surface area contributed by atoms with E-state index in [0.717, 1.165) is 33.2 Å². The van der Waals surface area contributed by atoms with Gasteiger partial charge in [0.15, 0.2) is 0 Å². The Bertz CT molecular complexity index is 1220. The van der Waals surface area contributed by atoms with Crippen LogP contribution in [0.2, 0.25) is 0 Å². The second kappa shape index (κ2) is 5.39. The molecule has 0 radical (unpaired) electrons. The average Bonchev–Trinajstić information content (AvgIpc) is 3.26. The van der Waals surface area contributed by atoms with E-state index >= 15 is 0 Å². The molecule has 5 rings (SSSR count). The fraction of sp³-hybridized carbons (Fsp3) is 0. The predicted octanol–water partition coefficient (Wildman–Crippen LogP) is 3.93. The summed E-state index contributed by atoms with van der Waals surface area (Å²) < 4.78 is 1.42. The van der Waals surface area contributed by atoms with Gasteiger partial charge < -0.3 is 5.21 Å². The van der Waals surface area contributed by atoms with Crippen LogP contribution in [0.4, 0.5) is 0 Å². The molecular weight excluding hydrogens is 326 g/mol. The third kappa shape index (κ3) is 1.88. The topological polar surface area (TPSA) is 67.5 Å². The zero-order valence-corrected chi connectivity index (χ0v) is 13.6. The molecule has 0 spiro atoms. The first-order chi connectivity index (χ1) is 12.8. The van der Waals surface area contributed by atoms with Gasteiger partial charge >= 0.3 is 0 Å². The number of nitrogens with zero attached hydrogens (tertiary/aromatic N) is 3. The van der Waals surface area contributed by atoms with Gasteiger partial charge in [-0.15, -0.1) is 0 Å². The summed E-state index contributed by atoms with van der Waals surface area (Å²) in [5.74, 6) is -0.211. The normalized spacial score (nSPS) is 13.8. The SMILES string of the molecule is O=C(c1cccc2c1-c1ccccc1/C2=N/O)n1ncc2ccccc21. The van der Waals surface area contributed by atoms with Crippen LogP contribution >= 0.6 is 0 Å². The zero-order valence-electron chi connectivity index (χ0n) is 13.6. The molecule has 4 aromatic rings. The lowest BCUT2D eigenvalue weighted by Crippen LogP contribution is -2.14. The number of benzene rings is 3. The molecule has 124 valence electrons. The smallest absolute Gasteiger partial charge is 0.279 e. The molecule has 0 fully saturated rings. The fourth-order valence-corrected chi connectivity index (χ4v) is 3.63. The molecule has 0 saturated carbocycles. The molecule has 3 aromatic carbocycles. The van der Waals surface area contributed by atoms with Crippen LogP contribution in [0.3, 0.4) is 0 Å². The number of rotatable bonds is 1. The summed E-state index contributed by atoms with van der Waals surface area (Å²) in [6.45, 7) is 0. The zero-order chi connectivity index (χ0) is 17.7. The van der Waals surface area contributed by atoms with Gasteiger partial charge in [0.1, 0.15) is 5.71 Å². The molecule has 0 aliphatic heterocycles. The summed E-state index contributed by atoms with van der Waals surface area (Å²) in [5.41, 5.74) is 5.00. The Hall–Kier alpha value is -3.73. The molecule has 0 saturated heterocycles. The Morgan fingerprint density at radius 2 is 1.62 bits per heavy atom. The molecule has 26 heavy (non-hydrogen) atoms. The molecule has 5 nitrogen and oxygen atoms in total. The third-order valence-corrected chi connectivity index (χ3v) is 4.77. The van der Waals surface area contributed by atoms with E-state index in [4.69, 9.17) is 0 Å². The summed E-state index contributed by atoms with van der Waals surface area (Å²) in [7, 11) is 0. The highest BCUT2D eigenvalue weighted by Crippen LogP contribution is 2.39. The van der Waals surface area contributed by atoms with Crippen LogP contribution in [-0.4, -0.2) is 26.6 Å². The minimum absolute atomic E-state index is 0.211. The number of hydrogen-bond donors (Lipinski definition) is 1. The van der Waals surface area contributed by atoms with Crippen molar-refractivity contribution >= 4 is 22.5 Å². The van der Waals surface area contributed by atoms with Crippen LogP contribution in [0, 0.1) is 0 Å². The van der Waals surface area contributed by atoms with Crippen molar-refractivity contribution in [2.45, 2.75) is 0 Å². The van der Waals surface area contributed by atoms with Gasteiger partial charge in [-0.2, -0.15) is 9.78 Å². The number of carbonyl (C=O) groups is 1. The first kappa shape index (κ1) is 14.6. The number of carbonyl (C=O) groups excluding carboxylic acids is 1. The second-order valence-corrected chi connectivity index (χ2v) is 6.14. The van der Waals surface area contributed by atoms with Crippen molar-refractivity contribution in [3.05, 3.63) is 89.6 Å². The monoisotopic (exact) mass is 339 g/mol. The lowest BCUT2D eigenvalue weighted by Gasteiger charge is -2.09. The van der Waals surface area contributed by atoms with E-state index in [-0.39, 0.29) is 5.91 Å². The summed E-state index contributed by atoms with van der Waals surface area (Å²) >= 11 is 0. The summed E-state index contributed by atoms with van der Waals surface area (Å²) in [6, 6.07) is 20.7. The van der Waals surface area contributed by atoms with Gasteiger partial charge in [0.25, 0.3) is 5.91 Å². The van der Waals surface area contributed by atoms with Gasteiger partial charge in [-0.1, -0.05) is 59.8 Å². The van der Waals surface area contributed by atoms with Crippen molar-refractivity contribution in [1.82, 2.24) is 9.78 Å². The summed E-state index contributed by atoms with van der Waals surface area (Å²) in [4.78, 5) is 13.3. The maximum absolute atomic E-state index is 13.3. The number of hydrogen-bond acceptors (Lipinski definition) is 4. The van der Waals surface area contributed by atoms with E-state index in [1.54, 1.807) is 18.3 Å². The van der Waals surface area contributed by atoms with Crippen molar-refractivity contribution in [3.8, 4) is 11.1 Å². The van der Waals surface area contributed by atoms with Crippen LogP contribution < -0.4 is 0 Å². The number of fused-ring (bicyclic) bond motifs is 4. The minimum atomic E-state index is -0.211. The van der Waals surface area contributed by atoms with Crippen LogP contribution in [0.1, 0.15) is 21.5 Å². The number of para-hydroxylation sites is 1. The van der Waals surface area contributed by atoms with Crippen molar-refractivity contribution < 1.29 is 10.0 Å². The lowest BCUT2D eigenvalue weighted by atomic mass is 9.99. The molecule has 0 amide bonds. The fourth-order valence-electron chi connectivity index (χ4n) is 3.63. The number of oxime groups is 1. The lowest BCUT2D eigenvalue weighted by molar-refractivity contribution is 0.0951. The van der Waals surface area contributed by atoms with Crippen LogP contribution in [-0.2, 0) is 0 Å². The first-order valence-electron chi connectivity index (χ1n) is 8.22. The molecule has 1 aromatic heterocycles. The Labute approximate surface area is 148 Å². The van der Waals surface area contributed by atoms with Gasteiger partial charge in [-0.25, -0.2) is 0 Å². The quantitative estimate of drug-likeness (QED) is 0.372. The van der Waals surface area contributed by atoms with E-state index in [9.17, 15) is 10.0 Å². The molecular formula is C21H13N3O2. The standard InChI is InChI=1S/C21H13N3O2/c25-21(24-18-11-4-1-6-13(18)12-22-24)17-10-5-9-16-19(17)14-7-2-3-8-15(14)20(16)23-26/h1-12,26H/b23-20-. The predicted molar refractivity (Wildman–Crippen MR) is 98.8 cm³/mol. The van der Waals surface area contributed by atoms with Gasteiger partial charge in [-0.05, 0) is 17.7 Å². The molecule has 5 heteroatoms. The first-order valence-corrected chi connectivity index (χ1v) is 8.22. The van der Waals surface area contributed by atoms with Crippen molar-refractivity contribution in [1.29, 1.82) is 0 Å². The highest BCUT2D eigenvalue weighted by Gasteiger charge is 2.30. The maximum atomic E-state index is 13.3. The molecule has 0 atom stereocenters. The van der Waals surface area contributed by atoms with E-state index in [1.807, 2.05) is 54.6 Å². The van der Waals surface area contributed by atoms with Gasteiger partial charge in [0.2, 0.25) is 0 Å². The van der Waals surface area contributed by atoms with E-state index in [1.165, 1.54) is 4.68 Å². The van der Waals surface area contributed by atoms with E-state index in [0.29, 0.717) is 11.3 Å². The van der Waals surface area contributed by atoms with Crippen molar-refractivity contribution in [2.75, 3.05) is 0 Å². The molecule has 1 aliphatic rings. The van der Waals surface area contributed by atoms with Gasteiger partial charge in [0, 0.05) is 22.1 Å². The van der Waals surface area contributed by atoms with Crippen LogP contribution in [0.25, 0.3) is 22.0 Å². The van der Waals surface area contributed by atoms with Crippen molar-refractivity contribution in [2.24, 2.45) is 5.16 Å². The van der Waals surface area contributed by atoms with Crippen LogP contribution in [0.5, 0.6) is 0 Å². The molecule has 1 N–H and O–H groups in total. The van der Waals surface area contributed by atoms with E-state index in [2.05, 4.69) is 10.3 Å². The Balaban J connectivity index is 1.77. The molecule has 0 bridgehead atoms. The third-order valence-electron chi connectivity index (χ3n) is 4.77. The molecule has 1 heterocycles. The highest BCUT2D eigenvalue weighted by molar-refractivity contribution is 6.27. The summed E-state index contributed by atoms with van der Waals surface area (Å²) in [6.07, 6.45) is 1.69. The van der Waals surface area contributed by atoms with E-state index < -0.39 is 0 Å². The average molecular weight is 339 g/mol. The maximum Gasteiger partial charge on any atom is 0.279 e. The molecule has 1 aliphatic carbocycles. The second-order valence-electron chi connectivity index (χ2n) is 6.14. The Kier molecular flexibility index (Phi) is 3.03. The van der Waals surface area contributed by atoms with Gasteiger partial charge in [0.05, 0.1) is 17.3 Å². The molecule has 0 unspecified atom stereocenters. The summed E-state index contributed by atoms with van der Waals surface area (Å²) in [5, 5.41) is 18.2. The van der Waals surface area contributed by atoms with Gasteiger partial charge in [-0.3, -0.25) is 4.79 Å². The highest BCUT2D eigenvalue weighted by atomic mass is 16.4. The Morgan fingerprint density at radius 1 is 0.885 bits per heavy atom. The Morgan fingerprint density at radius 3 is 2.46 bits per heavy atom. The largest absolute Gasteiger partial charge is 0.410 e.